The molecule has 1 aromatic carbocycles. The van der Waals surface area contributed by atoms with E-state index in [1.807, 2.05) is 6.07 Å². The molecule has 2 nitrogen and oxygen atoms in total. The molecule has 0 N–H and O–H groups in total. The van der Waals surface area contributed by atoms with Gasteiger partial charge in [-0.2, -0.15) is 0 Å². The summed E-state index contributed by atoms with van der Waals surface area (Å²) in [5.41, 5.74) is 0.891. The highest BCUT2D eigenvalue weighted by Crippen LogP contribution is 2.31. The third kappa shape index (κ3) is 1.87. The lowest BCUT2D eigenvalue weighted by molar-refractivity contribution is 0.112. The standard InChI is InChI=1S/C10H4BrCl2NO/c11-5-1-2-8-6(3-5)9(12)7(4-15)10(13)14-8/h1-4H. The summed E-state index contributed by atoms with van der Waals surface area (Å²) >= 11 is 15.2. The zero-order valence-corrected chi connectivity index (χ0v) is 10.4. The Hall–Kier alpha value is -0.640. The van der Waals surface area contributed by atoms with Crippen LogP contribution in [-0.2, 0) is 0 Å². The average Bonchev–Trinajstić information content (AvgIpc) is 2.20. The van der Waals surface area contributed by atoms with Gasteiger partial charge in [-0.3, -0.25) is 4.79 Å². The molecule has 0 saturated carbocycles. The van der Waals surface area contributed by atoms with E-state index >= 15 is 0 Å². The van der Waals surface area contributed by atoms with E-state index in [-0.39, 0.29) is 10.7 Å². The first-order valence-electron chi connectivity index (χ1n) is 4.03. The largest absolute Gasteiger partial charge is 0.298 e. The molecule has 76 valence electrons. The third-order valence-electron chi connectivity index (χ3n) is 1.99. The van der Waals surface area contributed by atoms with Gasteiger partial charge in [-0.1, -0.05) is 39.1 Å². The summed E-state index contributed by atoms with van der Waals surface area (Å²) in [6.07, 6.45) is 0.609. The van der Waals surface area contributed by atoms with E-state index in [1.54, 1.807) is 12.1 Å². The van der Waals surface area contributed by atoms with Crippen molar-refractivity contribution in [3.05, 3.63) is 38.4 Å². The van der Waals surface area contributed by atoms with Crippen LogP contribution in [0.2, 0.25) is 10.2 Å². The summed E-state index contributed by atoms with van der Waals surface area (Å²) in [5, 5.41) is 1.17. The Bertz CT molecular complexity index is 557. The van der Waals surface area contributed by atoms with E-state index in [2.05, 4.69) is 20.9 Å². The zero-order chi connectivity index (χ0) is 11.0. The lowest BCUT2D eigenvalue weighted by Crippen LogP contribution is -1.90. The van der Waals surface area contributed by atoms with Crippen LogP contribution in [0, 0.1) is 0 Å². The Morgan fingerprint density at radius 1 is 1.33 bits per heavy atom. The van der Waals surface area contributed by atoms with Gasteiger partial charge >= 0.3 is 0 Å². The Kier molecular flexibility index (Phi) is 2.96. The van der Waals surface area contributed by atoms with Gasteiger partial charge in [0.25, 0.3) is 0 Å². The topological polar surface area (TPSA) is 30.0 Å². The summed E-state index contributed by atoms with van der Waals surface area (Å²) in [7, 11) is 0. The molecule has 2 rings (SSSR count). The summed E-state index contributed by atoms with van der Waals surface area (Å²) in [6, 6.07) is 5.42. The molecule has 0 spiro atoms. The highest BCUT2D eigenvalue weighted by atomic mass is 79.9. The van der Waals surface area contributed by atoms with Crippen molar-refractivity contribution in [2.45, 2.75) is 0 Å². The predicted octanol–water partition coefficient (Wildman–Crippen LogP) is 4.12. The molecule has 0 aliphatic carbocycles. The molecule has 0 unspecified atom stereocenters. The Morgan fingerprint density at radius 2 is 2.07 bits per heavy atom. The molecule has 1 heterocycles. The molecule has 0 amide bonds. The van der Waals surface area contributed by atoms with Gasteiger partial charge < -0.3 is 0 Å². The predicted molar refractivity (Wildman–Crippen MR) is 64.9 cm³/mol. The fourth-order valence-corrected chi connectivity index (χ4v) is 2.21. The van der Waals surface area contributed by atoms with E-state index in [1.165, 1.54) is 0 Å². The second-order valence-corrected chi connectivity index (χ2v) is 4.56. The number of nitrogens with zero attached hydrogens (tertiary/aromatic N) is 1. The van der Waals surface area contributed by atoms with Crippen molar-refractivity contribution in [1.29, 1.82) is 0 Å². The lowest BCUT2D eigenvalue weighted by Gasteiger charge is -2.04. The van der Waals surface area contributed by atoms with Crippen LogP contribution >= 0.6 is 39.1 Å². The van der Waals surface area contributed by atoms with Crippen LogP contribution in [0.15, 0.2) is 22.7 Å². The highest BCUT2D eigenvalue weighted by Gasteiger charge is 2.11. The number of carbonyl (C=O) groups is 1. The molecule has 0 aliphatic heterocycles. The molecule has 2 aromatic rings. The number of halogens is 3. The summed E-state index contributed by atoms with van der Waals surface area (Å²) in [5.74, 6) is 0. The first-order chi connectivity index (χ1) is 7.13. The van der Waals surface area contributed by atoms with Crippen molar-refractivity contribution in [2.24, 2.45) is 0 Å². The summed E-state index contributed by atoms with van der Waals surface area (Å²) < 4.78 is 0.873. The molecule has 5 heteroatoms. The third-order valence-corrected chi connectivity index (χ3v) is 3.18. The Labute approximate surface area is 104 Å². The van der Waals surface area contributed by atoms with Gasteiger partial charge in [-0.25, -0.2) is 4.98 Å². The molecule has 0 bridgehead atoms. The van der Waals surface area contributed by atoms with Crippen LogP contribution in [0.4, 0.5) is 0 Å². The van der Waals surface area contributed by atoms with Gasteiger partial charge in [-0.15, -0.1) is 0 Å². The van der Waals surface area contributed by atoms with Gasteiger partial charge in [0.1, 0.15) is 5.15 Å². The smallest absolute Gasteiger partial charge is 0.154 e. The van der Waals surface area contributed by atoms with Crippen LogP contribution < -0.4 is 0 Å². The maximum Gasteiger partial charge on any atom is 0.154 e. The Balaban J connectivity index is 2.92. The molecule has 0 aliphatic rings. The van der Waals surface area contributed by atoms with Crippen LogP contribution in [-0.4, -0.2) is 11.3 Å². The van der Waals surface area contributed by atoms with Crippen LogP contribution in [0.3, 0.4) is 0 Å². The molecule has 0 radical (unpaired) electrons. The van der Waals surface area contributed by atoms with Crippen molar-refractivity contribution in [3.63, 3.8) is 0 Å². The minimum absolute atomic E-state index is 0.129. The molecular weight excluding hydrogens is 301 g/mol. The summed E-state index contributed by atoms with van der Waals surface area (Å²) in [6.45, 7) is 0. The quantitative estimate of drug-likeness (QED) is 0.586. The number of carbonyl (C=O) groups excluding carboxylic acids is 1. The lowest BCUT2D eigenvalue weighted by atomic mass is 10.2. The van der Waals surface area contributed by atoms with E-state index in [9.17, 15) is 4.79 Å². The number of pyridine rings is 1. The van der Waals surface area contributed by atoms with Crippen molar-refractivity contribution in [3.8, 4) is 0 Å². The van der Waals surface area contributed by atoms with Crippen LogP contribution in [0.1, 0.15) is 10.4 Å². The van der Waals surface area contributed by atoms with Gasteiger partial charge in [0, 0.05) is 9.86 Å². The van der Waals surface area contributed by atoms with Crippen molar-refractivity contribution in [1.82, 2.24) is 4.98 Å². The normalized spacial score (nSPS) is 10.6. The minimum atomic E-state index is 0.129. The monoisotopic (exact) mass is 303 g/mol. The van der Waals surface area contributed by atoms with Gasteiger partial charge in [0.15, 0.2) is 6.29 Å². The number of fused-ring (bicyclic) bond motifs is 1. The second kappa shape index (κ2) is 4.08. The fraction of sp³-hybridized carbons (Fsp3) is 0. The van der Waals surface area contributed by atoms with E-state index in [0.29, 0.717) is 22.2 Å². The first-order valence-corrected chi connectivity index (χ1v) is 5.58. The van der Waals surface area contributed by atoms with Gasteiger partial charge in [0.2, 0.25) is 0 Å². The van der Waals surface area contributed by atoms with E-state index in [4.69, 9.17) is 23.2 Å². The van der Waals surface area contributed by atoms with Crippen molar-refractivity contribution >= 4 is 56.3 Å². The van der Waals surface area contributed by atoms with Crippen molar-refractivity contribution in [2.75, 3.05) is 0 Å². The van der Waals surface area contributed by atoms with Crippen LogP contribution in [0.5, 0.6) is 0 Å². The number of aromatic nitrogens is 1. The molecule has 1 aromatic heterocycles. The number of benzene rings is 1. The fourth-order valence-electron chi connectivity index (χ4n) is 1.28. The second-order valence-electron chi connectivity index (χ2n) is 2.91. The van der Waals surface area contributed by atoms with E-state index in [0.717, 1.165) is 4.47 Å². The minimum Gasteiger partial charge on any atom is -0.298 e. The van der Waals surface area contributed by atoms with Crippen LogP contribution in [0.25, 0.3) is 10.9 Å². The van der Waals surface area contributed by atoms with Gasteiger partial charge in [0.05, 0.1) is 16.1 Å². The number of hydrogen-bond acceptors (Lipinski definition) is 2. The molecular formula is C10H4BrCl2NO. The molecule has 0 atom stereocenters. The molecule has 0 saturated heterocycles. The Morgan fingerprint density at radius 3 is 2.73 bits per heavy atom. The number of rotatable bonds is 1. The molecule has 0 fully saturated rings. The number of hydrogen-bond donors (Lipinski definition) is 0. The zero-order valence-electron chi connectivity index (χ0n) is 7.30. The maximum absolute atomic E-state index is 10.8. The first kappa shape index (κ1) is 10.9. The maximum atomic E-state index is 10.8. The van der Waals surface area contributed by atoms with Gasteiger partial charge in [-0.05, 0) is 18.2 Å². The number of aldehydes is 1. The molecule has 15 heavy (non-hydrogen) atoms. The summed E-state index contributed by atoms with van der Waals surface area (Å²) in [4.78, 5) is 14.8. The highest BCUT2D eigenvalue weighted by molar-refractivity contribution is 9.10. The van der Waals surface area contributed by atoms with Crippen molar-refractivity contribution < 1.29 is 4.79 Å². The SMILES string of the molecule is O=Cc1c(Cl)nc2ccc(Br)cc2c1Cl. The average molecular weight is 305 g/mol. The van der Waals surface area contributed by atoms with E-state index < -0.39 is 0 Å².